The number of aliphatic hydroxyl groups excluding tert-OH is 2. The fraction of sp³-hybridized carbons (Fsp3) is 1.00. The van der Waals surface area contributed by atoms with Crippen LogP contribution in [0.5, 0.6) is 0 Å². The van der Waals surface area contributed by atoms with Gasteiger partial charge in [-0.2, -0.15) is 0 Å². The second kappa shape index (κ2) is 10.3. The average molecular weight is 476 g/mol. The molecule has 0 spiro atoms. The zero-order valence-corrected chi connectivity index (χ0v) is 19.8. The van der Waals surface area contributed by atoms with Crippen molar-refractivity contribution in [2.45, 2.75) is 92.9 Å². The molecular formula is C22H41N3O8. The van der Waals surface area contributed by atoms with Crippen molar-refractivity contribution < 1.29 is 39.4 Å². The number of hydrogen-bond acceptors (Lipinski definition) is 11. The van der Waals surface area contributed by atoms with Gasteiger partial charge in [-0.15, -0.1) is 0 Å². The Bertz CT molecular complexity index is 655. The van der Waals surface area contributed by atoms with Crippen LogP contribution in [0.15, 0.2) is 0 Å². The molecule has 3 aliphatic heterocycles. The van der Waals surface area contributed by atoms with E-state index in [0.29, 0.717) is 12.5 Å². The Morgan fingerprint density at radius 1 is 0.939 bits per heavy atom. The number of ether oxygens (including phenoxy) is 4. The van der Waals surface area contributed by atoms with Gasteiger partial charge in [-0.05, 0) is 52.7 Å². The highest BCUT2D eigenvalue weighted by Crippen LogP contribution is 2.46. The monoisotopic (exact) mass is 475 g/mol. The first kappa shape index (κ1) is 25.6. The van der Waals surface area contributed by atoms with Crippen LogP contribution < -0.4 is 16.0 Å². The van der Waals surface area contributed by atoms with Gasteiger partial charge < -0.3 is 55.3 Å². The molecule has 10 atom stereocenters. The largest absolute Gasteiger partial charge is 0.390 e. The van der Waals surface area contributed by atoms with Crippen molar-refractivity contribution in [3.8, 4) is 0 Å². The van der Waals surface area contributed by atoms with E-state index in [1.807, 2.05) is 0 Å². The number of rotatable bonds is 7. The quantitative estimate of drug-likeness (QED) is 0.198. The van der Waals surface area contributed by atoms with Crippen molar-refractivity contribution in [2.75, 3.05) is 40.4 Å². The Hall–Kier alpha value is -0.440. The highest BCUT2D eigenvalue weighted by molar-refractivity contribution is 5.12. The van der Waals surface area contributed by atoms with Crippen molar-refractivity contribution in [3.63, 3.8) is 0 Å². The number of likely N-dealkylation sites (N-methyl/N-ethyl adjacent to an activating group) is 2. The minimum absolute atomic E-state index is 0.0894. The summed E-state index contributed by atoms with van der Waals surface area (Å²) in [5.74, 6) is -1.59. The van der Waals surface area contributed by atoms with Crippen LogP contribution in [0, 0.1) is 5.92 Å². The van der Waals surface area contributed by atoms with Crippen LogP contribution in [-0.4, -0.2) is 121 Å². The molecule has 0 radical (unpaired) electrons. The molecule has 4 rings (SSSR count). The summed E-state index contributed by atoms with van der Waals surface area (Å²) in [5, 5.41) is 54.1. The fourth-order valence-electron chi connectivity index (χ4n) is 5.87. The summed E-state index contributed by atoms with van der Waals surface area (Å²) in [6, 6.07) is -1.31. The summed E-state index contributed by atoms with van der Waals surface area (Å²) >= 11 is 0. The highest BCUT2D eigenvalue weighted by atomic mass is 16.8. The predicted molar refractivity (Wildman–Crippen MR) is 117 cm³/mol. The van der Waals surface area contributed by atoms with Gasteiger partial charge in [0.2, 0.25) is 12.1 Å². The van der Waals surface area contributed by atoms with E-state index in [1.165, 1.54) is 0 Å². The number of hydrogen-bond donors (Lipinski definition) is 7. The molecule has 192 valence electrons. The second-order valence-corrected chi connectivity index (χ2v) is 10.0. The van der Waals surface area contributed by atoms with Crippen molar-refractivity contribution >= 4 is 0 Å². The third kappa shape index (κ3) is 4.70. The van der Waals surface area contributed by atoms with Gasteiger partial charge in [-0.3, -0.25) is 0 Å². The standard InChI is InChI=1S/C22H41N3O8/c1-12-10-21(28,11-25-7-4-13-5-8-30-9-6-13)22(29)20(31-12)32-19-17(27)14(23-2)16(26)15(24-3)18(19)33-22/h12-20,23-29H,4-11H2,1-3H3/t12-,14-,15+,16+,17+,18-,19?,20+,21-,22-/m1/s1. The Labute approximate surface area is 195 Å². The maximum absolute atomic E-state index is 11.6. The molecule has 4 fully saturated rings. The van der Waals surface area contributed by atoms with Crippen LogP contribution in [0.1, 0.15) is 32.6 Å². The smallest absolute Gasteiger partial charge is 0.249 e. The Morgan fingerprint density at radius 2 is 1.64 bits per heavy atom. The van der Waals surface area contributed by atoms with Gasteiger partial charge >= 0.3 is 0 Å². The lowest BCUT2D eigenvalue weighted by Crippen LogP contribution is -2.81. The molecule has 7 N–H and O–H groups in total. The molecule has 1 saturated carbocycles. The predicted octanol–water partition coefficient (Wildman–Crippen LogP) is -2.36. The molecule has 11 nitrogen and oxygen atoms in total. The first-order valence-electron chi connectivity index (χ1n) is 12.2. The molecule has 0 aromatic rings. The van der Waals surface area contributed by atoms with Crippen molar-refractivity contribution in [1.82, 2.24) is 16.0 Å². The van der Waals surface area contributed by atoms with E-state index < -0.39 is 60.3 Å². The van der Waals surface area contributed by atoms with E-state index >= 15 is 0 Å². The summed E-state index contributed by atoms with van der Waals surface area (Å²) in [4.78, 5) is 0. The number of fused-ring (bicyclic) bond motifs is 2. The molecule has 33 heavy (non-hydrogen) atoms. The summed E-state index contributed by atoms with van der Waals surface area (Å²) in [6.45, 7) is 4.16. The van der Waals surface area contributed by atoms with Gasteiger partial charge in [0.25, 0.3) is 0 Å². The lowest BCUT2D eigenvalue weighted by Gasteiger charge is -2.60. The van der Waals surface area contributed by atoms with Gasteiger partial charge in [0, 0.05) is 26.2 Å². The van der Waals surface area contributed by atoms with Gasteiger partial charge in [-0.1, -0.05) is 0 Å². The third-order valence-electron chi connectivity index (χ3n) is 7.84. The van der Waals surface area contributed by atoms with Gasteiger partial charge in [-0.25, -0.2) is 0 Å². The maximum atomic E-state index is 11.6. The summed E-state index contributed by atoms with van der Waals surface area (Å²) in [6.07, 6.45) is -2.40. The van der Waals surface area contributed by atoms with Crippen LogP contribution in [0.3, 0.4) is 0 Å². The zero-order chi connectivity index (χ0) is 23.8. The Morgan fingerprint density at radius 3 is 2.30 bits per heavy atom. The van der Waals surface area contributed by atoms with Crippen LogP contribution >= 0.6 is 0 Å². The number of nitrogens with one attached hydrogen (secondary N) is 3. The Kier molecular flexibility index (Phi) is 7.99. The Balaban J connectivity index is 1.48. The normalized spacial score (nSPS) is 48.8. The fourth-order valence-corrected chi connectivity index (χ4v) is 5.87. The lowest BCUT2D eigenvalue weighted by atomic mass is 9.77. The van der Waals surface area contributed by atoms with Gasteiger partial charge in [0.15, 0.2) is 0 Å². The lowest BCUT2D eigenvalue weighted by molar-refractivity contribution is -0.482. The van der Waals surface area contributed by atoms with E-state index in [9.17, 15) is 20.4 Å². The molecule has 1 unspecified atom stereocenters. The zero-order valence-electron chi connectivity index (χ0n) is 19.8. The van der Waals surface area contributed by atoms with E-state index in [-0.39, 0.29) is 13.0 Å². The SMILES string of the molecule is CN[C@@H]1[C@H](O)[C@H](NC)[C@H]2O[C@]3(O)[C@H](OC2[C@H]1O)O[C@H](C)C[C@@]3(O)CNCCC1CCOCC1. The van der Waals surface area contributed by atoms with Crippen molar-refractivity contribution in [3.05, 3.63) is 0 Å². The van der Waals surface area contributed by atoms with Gasteiger partial charge in [0.05, 0.1) is 24.3 Å². The molecule has 0 aromatic carbocycles. The molecule has 3 heterocycles. The van der Waals surface area contributed by atoms with E-state index in [2.05, 4.69) is 16.0 Å². The van der Waals surface area contributed by atoms with Crippen molar-refractivity contribution in [2.24, 2.45) is 5.92 Å². The van der Waals surface area contributed by atoms with E-state index in [1.54, 1.807) is 21.0 Å². The van der Waals surface area contributed by atoms with E-state index in [0.717, 1.165) is 32.5 Å². The summed E-state index contributed by atoms with van der Waals surface area (Å²) in [7, 11) is 3.31. The molecule has 1 aliphatic carbocycles. The van der Waals surface area contributed by atoms with Crippen LogP contribution in [-0.2, 0) is 18.9 Å². The molecule has 0 bridgehead atoms. The molecule has 11 heteroatoms. The first-order valence-corrected chi connectivity index (χ1v) is 12.2. The maximum Gasteiger partial charge on any atom is 0.249 e. The second-order valence-electron chi connectivity index (χ2n) is 10.0. The minimum Gasteiger partial charge on any atom is -0.390 e. The molecule has 0 amide bonds. The van der Waals surface area contributed by atoms with Crippen LogP contribution in [0.25, 0.3) is 0 Å². The topological polar surface area (TPSA) is 154 Å². The molecular weight excluding hydrogens is 434 g/mol. The van der Waals surface area contributed by atoms with Crippen LogP contribution in [0.2, 0.25) is 0 Å². The van der Waals surface area contributed by atoms with Crippen LogP contribution in [0.4, 0.5) is 0 Å². The third-order valence-corrected chi connectivity index (χ3v) is 7.84. The van der Waals surface area contributed by atoms with Crippen molar-refractivity contribution in [1.29, 1.82) is 0 Å². The highest BCUT2D eigenvalue weighted by Gasteiger charge is 2.68. The summed E-state index contributed by atoms with van der Waals surface area (Å²) < 4.78 is 23.4. The molecule has 4 aliphatic rings. The summed E-state index contributed by atoms with van der Waals surface area (Å²) in [5.41, 5.74) is -1.69. The minimum atomic E-state index is -2.17. The first-order chi connectivity index (χ1) is 15.7. The number of aliphatic hydroxyl groups is 4. The van der Waals surface area contributed by atoms with E-state index in [4.69, 9.17) is 18.9 Å². The molecule has 3 saturated heterocycles. The average Bonchev–Trinajstić information content (AvgIpc) is 2.78. The molecule has 0 aromatic heterocycles. The van der Waals surface area contributed by atoms with Gasteiger partial charge in [0.1, 0.15) is 23.9 Å².